The Morgan fingerprint density at radius 1 is 1.45 bits per heavy atom. The van der Waals surface area contributed by atoms with E-state index in [1.807, 2.05) is 6.07 Å². The number of aromatic amines is 1. The SMILES string of the molecule is CCCCNC(=O)C1CCc2[nH]c3ccc(OC)cc3c2C1. The molecule has 1 aliphatic carbocycles. The van der Waals surface area contributed by atoms with Crippen molar-refractivity contribution in [2.24, 2.45) is 5.92 Å². The Kier molecular flexibility index (Phi) is 4.36. The van der Waals surface area contributed by atoms with E-state index in [0.717, 1.165) is 49.9 Å². The summed E-state index contributed by atoms with van der Waals surface area (Å²) in [6.45, 7) is 2.93. The van der Waals surface area contributed by atoms with E-state index in [-0.39, 0.29) is 11.8 Å². The van der Waals surface area contributed by atoms with Crippen molar-refractivity contribution in [3.8, 4) is 5.75 Å². The van der Waals surface area contributed by atoms with Crippen LogP contribution in [0.1, 0.15) is 37.4 Å². The number of rotatable bonds is 5. The lowest BCUT2D eigenvalue weighted by molar-refractivity contribution is -0.125. The standard InChI is InChI=1S/C18H24N2O2/c1-3-4-9-19-18(21)12-5-7-16-14(10-12)15-11-13(22-2)6-8-17(15)20-16/h6,8,11-12,20H,3-5,7,9-10H2,1-2H3,(H,19,21). The average Bonchev–Trinajstić information content (AvgIpc) is 2.91. The highest BCUT2D eigenvalue weighted by molar-refractivity contribution is 5.88. The summed E-state index contributed by atoms with van der Waals surface area (Å²) in [5, 5.41) is 4.27. The van der Waals surface area contributed by atoms with E-state index in [1.54, 1.807) is 7.11 Å². The summed E-state index contributed by atoms with van der Waals surface area (Å²) in [6.07, 6.45) is 4.85. The van der Waals surface area contributed by atoms with E-state index in [9.17, 15) is 4.79 Å². The number of carbonyl (C=O) groups is 1. The third-order valence-corrected chi connectivity index (χ3v) is 4.60. The van der Waals surface area contributed by atoms with Gasteiger partial charge in [0.15, 0.2) is 0 Å². The molecule has 1 heterocycles. The molecular formula is C18H24N2O2. The fourth-order valence-corrected chi connectivity index (χ4v) is 3.28. The van der Waals surface area contributed by atoms with Gasteiger partial charge in [-0.3, -0.25) is 4.79 Å². The second-order valence-electron chi connectivity index (χ2n) is 6.08. The topological polar surface area (TPSA) is 54.1 Å². The smallest absolute Gasteiger partial charge is 0.223 e. The van der Waals surface area contributed by atoms with Gasteiger partial charge in [0, 0.05) is 29.1 Å². The predicted molar refractivity (Wildman–Crippen MR) is 88.3 cm³/mol. The number of H-pyrrole nitrogens is 1. The van der Waals surface area contributed by atoms with Crippen LogP contribution in [0.5, 0.6) is 5.75 Å². The number of hydrogen-bond acceptors (Lipinski definition) is 2. The molecule has 0 spiro atoms. The van der Waals surface area contributed by atoms with Gasteiger partial charge in [-0.2, -0.15) is 0 Å². The van der Waals surface area contributed by atoms with Crippen molar-refractivity contribution in [2.45, 2.75) is 39.0 Å². The van der Waals surface area contributed by atoms with Crippen molar-refractivity contribution >= 4 is 16.8 Å². The van der Waals surface area contributed by atoms with Crippen LogP contribution in [0.4, 0.5) is 0 Å². The molecule has 2 aromatic rings. The number of carbonyl (C=O) groups excluding carboxylic acids is 1. The number of methoxy groups -OCH3 is 1. The van der Waals surface area contributed by atoms with Crippen LogP contribution in [-0.2, 0) is 17.6 Å². The molecule has 4 nitrogen and oxygen atoms in total. The Morgan fingerprint density at radius 3 is 3.09 bits per heavy atom. The molecule has 118 valence electrons. The van der Waals surface area contributed by atoms with Crippen LogP contribution in [0.2, 0.25) is 0 Å². The molecule has 0 bridgehead atoms. The Morgan fingerprint density at radius 2 is 2.32 bits per heavy atom. The molecule has 4 heteroatoms. The molecule has 0 fully saturated rings. The third kappa shape index (κ3) is 2.82. The fraction of sp³-hybridized carbons (Fsp3) is 0.500. The van der Waals surface area contributed by atoms with E-state index in [0.29, 0.717) is 0 Å². The molecular weight excluding hydrogens is 276 g/mol. The minimum atomic E-state index is 0.0922. The zero-order chi connectivity index (χ0) is 15.5. The Balaban J connectivity index is 1.80. The number of ether oxygens (including phenoxy) is 1. The molecule has 0 aliphatic heterocycles. The van der Waals surface area contributed by atoms with Crippen LogP contribution in [-0.4, -0.2) is 24.5 Å². The molecule has 1 atom stereocenters. The van der Waals surface area contributed by atoms with Crippen LogP contribution in [0.15, 0.2) is 18.2 Å². The van der Waals surface area contributed by atoms with Crippen molar-refractivity contribution < 1.29 is 9.53 Å². The highest BCUT2D eigenvalue weighted by Crippen LogP contribution is 2.33. The minimum absolute atomic E-state index is 0.0922. The van der Waals surface area contributed by atoms with Gasteiger partial charge in [-0.15, -0.1) is 0 Å². The molecule has 1 aromatic carbocycles. The lowest BCUT2D eigenvalue weighted by Gasteiger charge is -2.21. The van der Waals surface area contributed by atoms with Crippen LogP contribution in [0, 0.1) is 5.92 Å². The maximum Gasteiger partial charge on any atom is 0.223 e. The Hall–Kier alpha value is -1.97. The second kappa shape index (κ2) is 6.42. The van der Waals surface area contributed by atoms with E-state index in [4.69, 9.17) is 4.74 Å². The van der Waals surface area contributed by atoms with Gasteiger partial charge < -0.3 is 15.0 Å². The van der Waals surface area contributed by atoms with E-state index >= 15 is 0 Å². The molecule has 3 rings (SSSR count). The average molecular weight is 300 g/mol. The largest absolute Gasteiger partial charge is 0.497 e. The van der Waals surface area contributed by atoms with Crippen molar-refractivity contribution in [1.82, 2.24) is 10.3 Å². The molecule has 0 radical (unpaired) electrons. The summed E-state index contributed by atoms with van der Waals surface area (Å²) in [5.74, 6) is 1.16. The molecule has 22 heavy (non-hydrogen) atoms. The first kappa shape index (κ1) is 14.9. The highest BCUT2D eigenvalue weighted by atomic mass is 16.5. The molecule has 0 saturated carbocycles. The second-order valence-corrected chi connectivity index (χ2v) is 6.08. The first-order chi connectivity index (χ1) is 10.7. The first-order valence-corrected chi connectivity index (χ1v) is 8.18. The van der Waals surface area contributed by atoms with Gasteiger partial charge in [-0.1, -0.05) is 13.3 Å². The number of hydrogen-bond donors (Lipinski definition) is 2. The monoisotopic (exact) mass is 300 g/mol. The predicted octanol–water partition coefficient (Wildman–Crippen LogP) is 3.20. The fourth-order valence-electron chi connectivity index (χ4n) is 3.28. The van der Waals surface area contributed by atoms with Crippen LogP contribution < -0.4 is 10.1 Å². The minimum Gasteiger partial charge on any atom is -0.497 e. The van der Waals surface area contributed by atoms with Crippen LogP contribution in [0.25, 0.3) is 10.9 Å². The lowest BCUT2D eigenvalue weighted by atomic mass is 9.86. The molecule has 1 aliphatic rings. The molecule has 1 aromatic heterocycles. The van der Waals surface area contributed by atoms with Crippen LogP contribution >= 0.6 is 0 Å². The molecule has 1 unspecified atom stereocenters. The Bertz CT molecular complexity index is 675. The maximum absolute atomic E-state index is 12.3. The number of amides is 1. The summed E-state index contributed by atoms with van der Waals surface area (Å²) in [6, 6.07) is 6.10. The van der Waals surface area contributed by atoms with E-state index in [2.05, 4.69) is 29.4 Å². The van der Waals surface area contributed by atoms with Gasteiger partial charge in [-0.05, 0) is 49.4 Å². The number of aromatic nitrogens is 1. The van der Waals surface area contributed by atoms with Gasteiger partial charge in [0.25, 0.3) is 0 Å². The van der Waals surface area contributed by atoms with Gasteiger partial charge >= 0.3 is 0 Å². The van der Waals surface area contributed by atoms with Gasteiger partial charge in [0.2, 0.25) is 5.91 Å². The maximum atomic E-state index is 12.3. The van der Waals surface area contributed by atoms with Crippen molar-refractivity contribution in [3.63, 3.8) is 0 Å². The lowest BCUT2D eigenvalue weighted by Crippen LogP contribution is -2.34. The van der Waals surface area contributed by atoms with Gasteiger partial charge in [0.1, 0.15) is 5.75 Å². The normalized spacial score (nSPS) is 17.3. The molecule has 2 N–H and O–H groups in total. The number of aryl methyl sites for hydroxylation is 1. The zero-order valence-corrected chi connectivity index (χ0v) is 13.4. The number of benzene rings is 1. The van der Waals surface area contributed by atoms with Crippen molar-refractivity contribution in [3.05, 3.63) is 29.5 Å². The van der Waals surface area contributed by atoms with E-state index < -0.39 is 0 Å². The first-order valence-electron chi connectivity index (χ1n) is 8.18. The summed E-state index contributed by atoms with van der Waals surface area (Å²) >= 11 is 0. The highest BCUT2D eigenvalue weighted by Gasteiger charge is 2.27. The van der Waals surface area contributed by atoms with Gasteiger partial charge in [-0.25, -0.2) is 0 Å². The molecule has 1 amide bonds. The van der Waals surface area contributed by atoms with Crippen LogP contribution in [0.3, 0.4) is 0 Å². The van der Waals surface area contributed by atoms with Crippen molar-refractivity contribution in [1.29, 1.82) is 0 Å². The Labute approximate surface area is 131 Å². The zero-order valence-electron chi connectivity index (χ0n) is 13.4. The van der Waals surface area contributed by atoms with Crippen molar-refractivity contribution in [2.75, 3.05) is 13.7 Å². The molecule has 0 saturated heterocycles. The summed E-state index contributed by atoms with van der Waals surface area (Å²) in [5.41, 5.74) is 3.70. The summed E-state index contributed by atoms with van der Waals surface area (Å²) in [7, 11) is 1.68. The quantitative estimate of drug-likeness (QED) is 0.833. The third-order valence-electron chi connectivity index (χ3n) is 4.60. The van der Waals surface area contributed by atoms with E-state index in [1.165, 1.54) is 16.6 Å². The number of unbranched alkanes of at least 4 members (excludes halogenated alkanes) is 1. The number of fused-ring (bicyclic) bond motifs is 3. The summed E-state index contributed by atoms with van der Waals surface area (Å²) < 4.78 is 5.33. The number of nitrogens with one attached hydrogen (secondary N) is 2. The summed E-state index contributed by atoms with van der Waals surface area (Å²) in [4.78, 5) is 15.8. The van der Waals surface area contributed by atoms with Gasteiger partial charge in [0.05, 0.1) is 7.11 Å².